The molecule has 2 fully saturated rings. The number of allylic oxidation sites excluding steroid dienone is 5. The highest BCUT2D eigenvalue weighted by molar-refractivity contribution is 6.51. The lowest BCUT2D eigenvalue weighted by Crippen LogP contribution is -2.40. The average Bonchev–Trinajstić information content (AvgIpc) is 3.16. The van der Waals surface area contributed by atoms with Gasteiger partial charge in [0.05, 0.1) is 5.57 Å². The SMILES string of the molecule is C=C[C@@H]1CCC(C)=C[C@H]1C1=C(O)C(C(=O)OC2CC3CCC2(C)C3(C)C)=C(CCCCC)C(=O)C1=O. The third kappa shape index (κ3) is 4.13. The molecule has 5 heteroatoms. The molecule has 0 saturated heterocycles. The van der Waals surface area contributed by atoms with E-state index in [1.165, 1.54) is 0 Å². The summed E-state index contributed by atoms with van der Waals surface area (Å²) in [4.78, 5) is 40.6. The van der Waals surface area contributed by atoms with E-state index in [-0.39, 0.29) is 51.8 Å². The number of fused-ring (bicyclic) bond motifs is 2. The van der Waals surface area contributed by atoms with Crippen molar-refractivity contribution in [2.24, 2.45) is 28.6 Å². The van der Waals surface area contributed by atoms with Crippen molar-refractivity contribution in [3.05, 3.63) is 46.8 Å². The van der Waals surface area contributed by atoms with Crippen LogP contribution >= 0.6 is 0 Å². The van der Waals surface area contributed by atoms with Gasteiger partial charge in [0.2, 0.25) is 11.6 Å². The molecule has 4 aliphatic rings. The Kier molecular flexibility index (Phi) is 7.24. The van der Waals surface area contributed by atoms with Crippen LogP contribution in [0.3, 0.4) is 0 Å². The second-order valence-electron chi connectivity index (χ2n) is 12.2. The van der Waals surface area contributed by atoms with Gasteiger partial charge in [-0.3, -0.25) is 9.59 Å². The summed E-state index contributed by atoms with van der Waals surface area (Å²) in [6.07, 6.45) is 10.7. The minimum atomic E-state index is -0.702. The Bertz CT molecular complexity index is 1070. The van der Waals surface area contributed by atoms with Gasteiger partial charge in [-0.1, -0.05) is 58.3 Å². The molecule has 0 amide bonds. The molecule has 0 radical (unpaired) electrons. The van der Waals surface area contributed by atoms with Crippen LogP contribution < -0.4 is 0 Å². The highest BCUT2D eigenvalue weighted by Gasteiger charge is 2.63. The summed E-state index contributed by atoms with van der Waals surface area (Å²) >= 11 is 0. The van der Waals surface area contributed by atoms with Gasteiger partial charge in [-0.15, -0.1) is 6.58 Å². The lowest BCUT2D eigenvalue weighted by Gasteiger charge is -2.38. The first-order valence-corrected chi connectivity index (χ1v) is 13.7. The summed E-state index contributed by atoms with van der Waals surface area (Å²) < 4.78 is 6.13. The van der Waals surface area contributed by atoms with E-state index < -0.39 is 23.5 Å². The quantitative estimate of drug-likeness (QED) is 0.133. The van der Waals surface area contributed by atoms with Gasteiger partial charge < -0.3 is 9.84 Å². The van der Waals surface area contributed by atoms with E-state index in [1.54, 1.807) is 6.08 Å². The van der Waals surface area contributed by atoms with E-state index in [2.05, 4.69) is 34.3 Å². The van der Waals surface area contributed by atoms with Gasteiger partial charge in [0.25, 0.3) is 0 Å². The van der Waals surface area contributed by atoms with Crippen LogP contribution in [0.1, 0.15) is 92.4 Å². The molecule has 36 heavy (non-hydrogen) atoms. The van der Waals surface area contributed by atoms with E-state index in [1.807, 2.05) is 13.0 Å². The highest BCUT2D eigenvalue weighted by Crippen LogP contribution is 2.66. The maximum atomic E-state index is 13.8. The number of ketones is 2. The van der Waals surface area contributed by atoms with Crippen molar-refractivity contribution in [1.82, 2.24) is 0 Å². The van der Waals surface area contributed by atoms with Crippen molar-refractivity contribution in [3.8, 4) is 0 Å². The molecule has 3 unspecified atom stereocenters. The third-order valence-electron chi connectivity index (χ3n) is 10.1. The number of rotatable bonds is 8. The van der Waals surface area contributed by atoms with E-state index in [9.17, 15) is 19.5 Å². The van der Waals surface area contributed by atoms with Crippen LogP contribution in [0.25, 0.3) is 0 Å². The summed E-state index contributed by atoms with van der Waals surface area (Å²) in [7, 11) is 0. The van der Waals surface area contributed by atoms with Crippen LogP contribution in [0.15, 0.2) is 46.8 Å². The molecule has 0 heterocycles. The fourth-order valence-electron chi connectivity index (χ4n) is 7.22. The maximum Gasteiger partial charge on any atom is 0.342 e. The number of hydrogen-bond donors (Lipinski definition) is 1. The number of unbranched alkanes of at least 4 members (excludes halogenated alkanes) is 2. The lowest BCUT2D eigenvalue weighted by atomic mass is 9.70. The molecule has 0 spiro atoms. The van der Waals surface area contributed by atoms with Crippen molar-refractivity contribution < 1.29 is 24.2 Å². The molecule has 2 saturated carbocycles. The summed E-state index contributed by atoms with van der Waals surface area (Å²) in [6, 6.07) is 0. The van der Waals surface area contributed by atoms with Gasteiger partial charge in [-0.25, -0.2) is 4.79 Å². The minimum absolute atomic E-state index is 0.0228. The van der Waals surface area contributed by atoms with Gasteiger partial charge in [0, 0.05) is 16.9 Å². The molecule has 0 aliphatic heterocycles. The molecular formula is C31H42O5. The molecule has 5 atom stereocenters. The minimum Gasteiger partial charge on any atom is -0.507 e. The standard InChI is InChI=1S/C31H42O5/c1-7-9-10-11-21-25(29(35)36-23-17-20-14-15-31(23,6)30(20,4)5)27(33)24(28(34)26(21)32)22-16-18(3)12-13-19(22)8-2/h8,16,19-20,22-23,33H,2,7,9-15,17H2,1,3-6H3/t19-,20?,22-,23?,31?/m1/s1. The first-order valence-electron chi connectivity index (χ1n) is 13.7. The Balaban J connectivity index is 1.76. The van der Waals surface area contributed by atoms with Crippen molar-refractivity contribution in [2.75, 3.05) is 0 Å². The Hall–Kier alpha value is -2.43. The molecular weight excluding hydrogens is 452 g/mol. The summed E-state index contributed by atoms with van der Waals surface area (Å²) in [5.41, 5.74) is 1.05. The molecule has 2 bridgehead atoms. The van der Waals surface area contributed by atoms with Crippen molar-refractivity contribution in [3.63, 3.8) is 0 Å². The molecule has 4 aliphatic carbocycles. The number of esters is 1. The monoisotopic (exact) mass is 494 g/mol. The van der Waals surface area contributed by atoms with Gasteiger partial charge in [0.1, 0.15) is 17.4 Å². The van der Waals surface area contributed by atoms with Crippen molar-refractivity contribution in [1.29, 1.82) is 0 Å². The second-order valence-corrected chi connectivity index (χ2v) is 12.2. The van der Waals surface area contributed by atoms with E-state index >= 15 is 0 Å². The number of carbonyl (C=O) groups excluding carboxylic acids is 3. The fourth-order valence-corrected chi connectivity index (χ4v) is 7.22. The Morgan fingerprint density at radius 2 is 1.92 bits per heavy atom. The Labute approximate surface area is 215 Å². The number of carbonyl (C=O) groups is 3. The number of aliphatic hydroxyl groups is 1. The van der Waals surface area contributed by atoms with Gasteiger partial charge in [0.15, 0.2) is 0 Å². The largest absolute Gasteiger partial charge is 0.507 e. The van der Waals surface area contributed by atoms with E-state index in [4.69, 9.17) is 4.74 Å². The first kappa shape index (κ1) is 26.6. The summed E-state index contributed by atoms with van der Waals surface area (Å²) in [6.45, 7) is 14.6. The van der Waals surface area contributed by atoms with Crippen LogP contribution in [0.2, 0.25) is 0 Å². The fraction of sp³-hybridized carbons (Fsp3) is 0.645. The number of aliphatic hydroxyl groups excluding tert-OH is 1. The first-order chi connectivity index (χ1) is 17.0. The topological polar surface area (TPSA) is 80.7 Å². The zero-order chi connectivity index (χ0) is 26.4. The average molecular weight is 495 g/mol. The molecule has 0 aromatic rings. The summed E-state index contributed by atoms with van der Waals surface area (Å²) in [5, 5.41) is 11.5. The Morgan fingerprint density at radius 3 is 2.50 bits per heavy atom. The zero-order valence-corrected chi connectivity index (χ0v) is 22.6. The third-order valence-corrected chi connectivity index (χ3v) is 10.1. The van der Waals surface area contributed by atoms with Gasteiger partial charge in [-0.2, -0.15) is 0 Å². The number of hydrogen-bond acceptors (Lipinski definition) is 5. The predicted molar refractivity (Wildman–Crippen MR) is 140 cm³/mol. The van der Waals surface area contributed by atoms with E-state index in [0.717, 1.165) is 50.5 Å². The smallest absolute Gasteiger partial charge is 0.342 e. The predicted octanol–water partition coefficient (Wildman–Crippen LogP) is 6.74. The second kappa shape index (κ2) is 9.79. The van der Waals surface area contributed by atoms with Gasteiger partial charge in [-0.05, 0) is 69.1 Å². The highest BCUT2D eigenvalue weighted by atomic mass is 16.5. The van der Waals surface area contributed by atoms with Crippen LogP contribution in [-0.2, 0) is 19.1 Å². The van der Waals surface area contributed by atoms with E-state index in [0.29, 0.717) is 12.3 Å². The molecule has 5 nitrogen and oxygen atoms in total. The molecule has 0 aromatic heterocycles. The van der Waals surface area contributed by atoms with Crippen LogP contribution in [0.5, 0.6) is 0 Å². The zero-order valence-electron chi connectivity index (χ0n) is 22.6. The number of Topliss-reactive ketones (excluding diaryl/α,β-unsaturated/α-hetero) is 2. The Morgan fingerprint density at radius 1 is 1.19 bits per heavy atom. The number of ether oxygens (including phenoxy) is 1. The molecule has 1 N–H and O–H groups in total. The van der Waals surface area contributed by atoms with Crippen LogP contribution in [0, 0.1) is 28.6 Å². The maximum absolute atomic E-state index is 13.8. The molecule has 4 rings (SSSR count). The normalized spacial score (nSPS) is 33.8. The van der Waals surface area contributed by atoms with Gasteiger partial charge >= 0.3 is 5.97 Å². The molecule has 196 valence electrons. The van der Waals surface area contributed by atoms with Crippen molar-refractivity contribution in [2.45, 2.75) is 98.5 Å². The molecule has 0 aromatic carbocycles. The summed E-state index contributed by atoms with van der Waals surface area (Å²) in [5.74, 6) is -2.50. The van der Waals surface area contributed by atoms with Crippen molar-refractivity contribution >= 4 is 17.5 Å². The van der Waals surface area contributed by atoms with Crippen LogP contribution in [0.4, 0.5) is 0 Å². The van der Waals surface area contributed by atoms with Crippen LogP contribution in [-0.4, -0.2) is 28.7 Å². The lowest BCUT2D eigenvalue weighted by molar-refractivity contribution is -0.152.